The van der Waals surface area contributed by atoms with Crippen LogP contribution in [0.25, 0.3) is 0 Å². The van der Waals surface area contributed by atoms with Gasteiger partial charge < -0.3 is 4.74 Å². The second-order valence-corrected chi connectivity index (χ2v) is 4.59. The van der Waals surface area contributed by atoms with Crippen molar-refractivity contribution in [3.05, 3.63) is 17.5 Å². The van der Waals surface area contributed by atoms with Crippen LogP contribution in [0, 0.1) is 0 Å². The molecule has 0 unspecified atom stereocenters. The molecule has 0 radical (unpaired) electrons. The van der Waals surface area contributed by atoms with Crippen LogP contribution in [-0.4, -0.2) is 40.8 Å². The Labute approximate surface area is 115 Å². The summed E-state index contributed by atoms with van der Waals surface area (Å²) in [5, 5.41) is 4.52. The molecule has 5 heteroatoms. The second-order valence-electron chi connectivity index (χ2n) is 4.59. The number of ether oxygens (including phenoxy) is 1. The first kappa shape index (κ1) is 15.7. The number of aromatic nitrogens is 2. The van der Waals surface area contributed by atoms with Gasteiger partial charge in [-0.25, -0.2) is 0 Å². The first-order chi connectivity index (χ1) is 9.10. The maximum atomic E-state index is 11.3. The molecule has 0 spiro atoms. The van der Waals surface area contributed by atoms with Crippen molar-refractivity contribution in [3.8, 4) is 0 Å². The fourth-order valence-electron chi connectivity index (χ4n) is 1.96. The molecule has 0 amide bonds. The lowest BCUT2D eigenvalue weighted by Crippen LogP contribution is -2.23. The highest BCUT2D eigenvalue weighted by atomic mass is 16.5. The number of carbonyl (C=O) groups excluding carboxylic acids is 1. The van der Waals surface area contributed by atoms with Crippen molar-refractivity contribution in [2.45, 2.75) is 46.7 Å². The first-order valence-corrected chi connectivity index (χ1v) is 7.00. The molecule has 108 valence electrons. The van der Waals surface area contributed by atoms with Gasteiger partial charge in [0.25, 0.3) is 0 Å². The van der Waals surface area contributed by atoms with Gasteiger partial charge in [-0.1, -0.05) is 6.92 Å². The summed E-state index contributed by atoms with van der Waals surface area (Å²) >= 11 is 0. The zero-order valence-corrected chi connectivity index (χ0v) is 12.5. The predicted molar refractivity (Wildman–Crippen MR) is 74.9 cm³/mol. The lowest BCUT2D eigenvalue weighted by molar-refractivity contribution is -0.143. The van der Waals surface area contributed by atoms with E-state index in [4.69, 9.17) is 4.74 Å². The Kier molecular flexibility index (Phi) is 6.56. The summed E-state index contributed by atoms with van der Waals surface area (Å²) in [4.78, 5) is 13.4. The van der Waals surface area contributed by atoms with Gasteiger partial charge in [-0.15, -0.1) is 0 Å². The Morgan fingerprint density at radius 3 is 2.74 bits per heavy atom. The van der Waals surface area contributed by atoms with Crippen LogP contribution in [0.5, 0.6) is 0 Å². The minimum absolute atomic E-state index is 0.132. The van der Waals surface area contributed by atoms with Crippen molar-refractivity contribution in [1.82, 2.24) is 14.7 Å². The summed E-state index contributed by atoms with van der Waals surface area (Å²) in [7, 11) is 2.01. The summed E-state index contributed by atoms with van der Waals surface area (Å²) in [5.41, 5.74) is 2.32. The molecule has 5 nitrogen and oxygen atoms in total. The summed E-state index contributed by atoms with van der Waals surface area (Å²) in [6.07, 6.45) is 1.39. The third kappa shape index (κ3) is 5.03. The molecule has 0 N–H and O–H groups in total. The van der Waals surface area contributed by atoms with Crippen LogP contribution in [0.4, 0.5) is 0 Å². The second kappa shape index (κ2) is 7.94. The Morgan fingerprint density at radius 2 is 2.16 bits per heavy atom. The van der Waals surface area contributed by atoms with Gasteiger partial charge in [0.05, 0.1) is 24.4 Å². The third-order valence-corrected chi connectivity index (χ3v) is 3.01. The monoisotopic (exact) mass is 267 g/mol. The average molecular weight is 267 g/mol. The van der Waals surface area contributed by atoms with Crippen LogP contribution in [0.2, 0.25) is 0 Å². The van der Waals surface area contributed by atoms with E-state index in [9.17, 15) is 4.79 Å². The molecule has 0 aliphatic rings. The number of aryl methyl sites for hydroxylation is 2. The fourth-order valence-corrected chi connectivity index (χ4v) is 1.96. The molecular formula is C14H25N3O2. The van der Waals surface area contributed by atoms with E-state index in [-0.39, 0.29) is 5.97 Å². The van der Waals surface area contributed by atoms with E-state index in [0.717, 1.165) is 25.2 Å². The van der Waals surface area contributed by atoms with Gasteiger partial charge in [-0.05, 0) is 33.4 Å². The van der Waals surface area contributed by atoms with E-state index in [0.29, 0.717) is 19.6 Å². The van der Waals surface area contributed by atoms with Gasteiger partial charge in [0, 0.05) is 19.6 Å². The van der Waals surface area contributed by atoms with Crippen LogP contribution in [0.3, 0.4) is 0 Å². The quantitative estimate of drug-likeness (QED) is 0.674. The van der Waals surface area contributed by atoms with E-state index in [1.165, 1.54) is 5.69 Å². The molecule has 19 heavy (non-hydrogen) atoms. The van der Waals surface area contributed by atoms with E-state index in [1.54, 1.807) is 0 Å². The first-order valence-electron chi connectivity index (χ1n) is 7.00. The van der Waals surface area contributed by atoms with Crippen molar-refractivity contribution < 1.29 is 9.53 Å². The average Bonchev–Trinajstić information content (AvgIpc) is 2.79. The highest BCUT2D eigenvalue weighted by molar-refractivity contribution is 5.69. The lowest BCUT2D eigenvalue weighted by atomic mass is 10.3. The number of hydrogen-bond acceptors (Lipinski definition) is 4. The highest BCUT2D eigenvalue weighted by Crippen LogP contribution is 2.08. The third-order valence-electron chi connectivity index (χ3n) is 3.01. The Bertz CT molecular complexity index is 401. The molecule has 0 bridgehead atoms. The molecule has 1 aromatic heterocycles. The Hall–Kier alpha value is -1.36. The van der Waals surface area contributed by atoms with Gasteiger partial charge in [-0.2, -0.15) is 5.10 Å². The maximum absolute atomic E-state index is 11.3. The summed E-state index contributed by atoms with van der Waals surface area (Å²) in [6, 6.07) is 2.14. The number of carbonyl (C=O) groups is 1. The standard InChI is InChI=1S/C14H25N3O2/c1-5-12-10-13(17(6-2)15-12)11-16(4)9-8-14(18)19-7-3/h10H,5-9,11H2,1-4H3. The summed E-state index contributed by atoms with van der Waals surface area (Å²) in [6.45, 7) is 8.86. The van der Waals surface area contributed by atoms with E-state index < -0.39 is 0 Å². The Morgan fingerprint density at radius 1 is 1.42 bits per heavy atom. The van der Waals surface area contributed by atoms with E-state index in [1.807, 2.05) is 18.7 Å². The van der Waals surface area contributed by atoms with Crippen LogP contribution >= 0.6 is 0 Å². The van der Waals surface area contributed by atoms with Crippen LogP contribution < -0.4 is 0 Å². The zero-order valence-electron chi connectivity index (χ0n) is 12.5. The minimum atomic E-state index is -0.132. The van der Waals surface area contributed by atoms with Gasteiger partial charge in [-0.3, -0.25) is 14.4 Å². The SMILES string of the molecule is CCOC(=O)CCN(C)Cc1cc(CC)nn1CC. The molecule has 1 aromatic rings. The van der Waals surface area contributed by atoms with E-state index >= 15 is 0 Å². The maximum Gasteiger partial charge on any atom is 0.307 e. The number of esters is 1. The molecule has 1 heterocycles. The molecule has 1 rings (SSSR count). The summed E-state index contributed by atoms with van der Waals surface area (Å²) < 4.78 is 6.95. The van der Waals surface area contributed by atoms with Crippen molar-refractivity contribution in [2.24, 2.45) is 0 Å². The van der Waals surface area contributed by atoms with Gasteiger partial charge >= 0.3 is 5.97 Å². The zero-order chi connectivity index (χ0) is 14.3. The van der Waals surface area contributed by atoms with Crippen molar-refractivity contribution in [2.75, 3.05) is 20.2 Å². The minimum Gasteiger partial charge on any atom is -0.466 e. The van der Waals surface area contributed by atoms with Crippen molar-refractivity contribution >= 4 is 5.97 Å². The van der Waals surface area contributed by atoms with Gasteiger partial charge in [0.1, 0.15) is 0 Å². The summed E-state index contributed by atoms with van der Waals surface area (Å²) in [5.74, 6) is -0.132. The van der Waals surface area contributed by atoms with E-state index in [2.05, 4.69) is 29.9 Å². The van der Waals surface area contributed by atoms with Crippen molar-refractivity contribution in [3.63, 3.8) is 0 Å². The molecule has 0 aliphatic carbocycles. The molecule has 0 atom stereocenters. The Balaban J connectivity index is 2.49. The lowest BCUT2D eigenvalue weighted by Gasteiger charge is -2.16. The molecule has 0 saturated heterocycles. The van der Waals surface area contributed by atoms with Crippen molar-refractivity contribution in [1.29, 1.82) is 0 Å². The molecular weight excluding hydrogens is 242 g/mol. The smallest absolute Gasteiger partial charge is 0.307 e. The largest absolute Gasteiger partial charge is 0.466 e. The number of rotatable bonds is 8. The van der Waals surface area contributed by atoms with Gasteiger partial charge in [0.2, 0.25) is 0 Å². The molecule has 0 saturated carbocycles. The van der Waals surface area contributed by atoms with Crippen LogP contribution in [0.15, 0.2) is 6.07 Å². The van der Waals surface area contributed by atoms with Crippen LogP contribution in [0.1, 0.15) is 38.6 Å². The van der Waals surface area contributed by atoms with Crippen LogP contribution in [-0.2, 0) is 29.0 Å². The molecule has 0 fully saturated rings. The molecule has 0 aromatic carbocycles. The number of hydrogen-bond donors (Lipinski definition) is 0. The highest BCUT2D eigenvalue weighted by Gasteiger charge is 2.10. The fraction of sp³-hybridized carbons (Fsp3) is 0.714. The number of nitrogens with zero attached hydrogens (tertiary/aromatic N) is 3. The molecule has 0 aliphatic heterocycles. The predicted octanol–water partition coefficient (Wildman–Crippen LogP) is 1.85. The normalized spacial score (nSPS) is 11.0. The van der Waals surface area contributed by atoms with Gasteiger partial charge in [0.15, 0.2) is 0 Å². The topological polar surface area (TPSA) is 47.4 Å².